The van der Waals surface area contributed by atoms with Crippen molar-refractivity contribution in [2.24, 2.45) is 4.99 Å². The second kappa shape index (κ2) is 7.57. The lowest BCUT2D eigenvalue weighted by Gasteiger charge is -2.07. The van der Waals surface area contributed by atoms with E-state index in [9.17, 15) is 0 Å². The number of rotatable bonds is 5. The zero-order chi connectivity index (χ0) is 12.6. The third kappa shape index (κ3) is 3.81. The molecule has 0 radical (unpaired) electrons. The number of allylic oxidation sites excluding steroid dienone is 6. The van der Waals surface area contributed by atoms with E-state index in [0.29, 0.717) is 0 Å². The Bertz CT molecular complexity index is 380. The van der Waals surface area contributed by atoms with E-state index in [2.05, 4.69) is 31.2 Å². The molecule has 0 fully saturated rings. The third-order valence-electron chi connectivity index (χ3n) is 2.28. The van der Waals surface area contributed by atoms with Crippen LogP contribution >= 0.6 is 0 Å². The third-order valence-corrected chi connectivity index (χ3v) is 2.28. The van der Waals surface area contributed by atoms with Crippen molar-refractivity contribution in [3.63, 3.8) is 0 Å². The van der Waals surface area contributed by atoms with Crippen LogP contribution in [0.15, 0.2) is 53.6 Å². The van der Waals surface area contributed by atoms with Crippen molar-refractivity contribution in [2.45, 2.75) is 13.8 Å². The van der Waals surface area contributed by atoms with E-state index in [4.69, 9.17) is 0 Å². The van der Waals surface area contributed by atoms with Gasteiger partial charge >= 0.3 is 0 Å². The minimum absolute atomic E-state index is 1.01. The summed E-state index contributed by atoms with van der Waals surface area (Å²) in [5.41, 5.74) is 3.31. The monoisotopic (exact) mass is 217 g/mol. The van der Waals surface area contributed by atoms with Crippen molar-refractivity contribution in [3.8, 4) is 0 Å². The maximum atomic E-state index is 3.99. The van der Waals surface area contributed by atoms with E-state index in [-0.39, 0.29) is 0 Å². The zero-order valence-corrected chi connectivity index (χ0v) is 10.7. The van der Waals surface area contributed by atoms with Crippen LogP contribution in [0, 0.1) is 0 Å². The number of aliphatic imine (C=N–C) groups is 1. The molecule has 0 aromatic rings. The van der Waals surface area contributed by atoms with E-state index in [1.165, 1.54) is 5.57 Å². The van der Waals surface area contributed by atoms with E-state index in [1.807, 2.05) is 30.7 Å². The Labute approximate surface area is 98.7 Å². The first kappa shape index (κ1) is 14.3. The molecule has 0 saturated heterocycles. The predicted molar refractivity (Wildman–Crippen MR) is 73.5 cm³/mol. The summed E-state index contributed by atoms with van der Waals surface area (Å²) in [4.78, 5) is 3.99. The van der Waals surface area contributed by atoms with Gasteiger partial charge in [0.05, 0.1) is 7.05 Å². The summed E-state index contributed by atoms with van der Waals surface area (Å²) in [6.07, 6.45) is 9.41. The Kier molecular flexibility index (Phi) is 6.77. The normalized spacial score (nSPS) is 15.0. The second-order valence-electron chi connectivity index (χ2n) is 3.36. The average Bonchev–Trinajstić information content (AvgIpc) is 2.28. The first-order valence-corrected chi connectivity index (χ1v) is 5.23. The molecule has 16 heavy (non-hydrogen) atoms. The van der Waals surface area contributed by atoms with Crippen molar-refractivity contribution in [1.82, 2.24) is 0 Å². The quantitative estimate of drug-likeness (QED) is 0.291. The van der Waals surface area contributed by atoms with Crippen LogP contribution < -0.4 is 0 Å². The largest absolute Gasteiger partial charge is 0.279 e. The van der Waals surface area contributed by atoms with E-state index in [1.54, 1.807) is 19.5 Å². The minimum Gasteiger partial charge on any atom is -0.233 e. The maximum Gasteiger partial charge on any atom is 0.279 e. The minimum atomic E-state index is 1.01. The molecular formula is C14H21N2+. The van der Waals surface area contributed by atoms with Crippen molar-refractivity contribution >= 4 is 12.1 Å². The smallest absolute Gasteiger partial charge is 0.233 e. The molecule has 2 heteroatoms. The fraction of sp³-hybridized carbons (Fsp3) is 0.286. The standard InChI is InChI=1S/C14H21N2/c1-7-10-13(12(4)8-2)14(9-3)16(6)11-15-5/h7-11H,1,3H2,2,4-6H3/q+1/b12-8-,13-10+,15-11-,16-14+. The highest BCUT2D eigenvalue weighted by Crippen LogP contribution is 2.12. The first-order chi connectivity index (χ1) is 7.62. The molecule has 0 N–H and O–H groups in total. The SMILES string of the molecule is C=C/C=C(C(\C)=C/C)/C(C=C)=[N+](C)/C=N\C. The van der Waals surface area contributed by atoms with E-state index < -0.39 is 0 Å². The first-order valence-electron chi connectivity index (χ1n) is 5.23. The number of hydrogen-bond donors (Lipinski definition) is 0. The fourth-order valence-electron chi connectivity index (χ4n) is 1.37. The average molecular weight is 217 g/mol. The highest BCUT2D eigenvalue weighted by Gasteiger charge is 2.09. The van der Waals surface area contributed by atoms with Crippen LogP contribution in [0.5, 0.6) is 0 Å². The highest BCUT2D eigenvalue weighted by molar-refractivity contribution is 6.08. The molecule has 0 aliphatic heterocycles. The van der Waals surface area contributed by atoms with Gasteiger partial charge in [0.1, 0.15) is 12.8 Å². The molecule has 0 bridgehead atoms. The number of nitrogens with zero attached hydrogens (tertiary/aromatic N) is 2. The summed E-state index contributed by atoms with van der Waals surface area (Å²) in [7, 11) is 3.69. The molecular weight excluding hydrogens is 196 g/mol. The molecule has 0 aliphatic rings. The Hall–Kier alpha value is -1.70. The van der Waals surface area contributed by atoms with Crippen LogP contribution in [0.1, 0.15) is 13.8 Å². The van der Waals surface area contributed by atoms with Gasteiger partial charge in [0.15, 0.2) is 0 Å². The summed E-state index contributed by atoms with van der Waals surface area (Å²) in [5, 5.41) is 0. The molecule has 0 atom stereocenters. The van der Waals surface area contributed by atoms with Gasteiger partial charge in [-0.25, -0.2) is 4.58 Å². The van der Waals surface area contributed by atoms with Crippen molar-refractivity contribution in [2.75, 3.05) is 14.1 Å². The van der Waals surface area contributed by atoms with Crippen LogP contribution in [-0.2, 0) is 0 Å². The lowest BCUT2D eigenvalue weighted by molar-refractivity contribution is -0.358. The van der Waals surface area contributed by atoms with E-state index >= 15 is 0 Å². The Morgan fingerprint density at radius 1 is 1.31 bits per heavy atom. The van der Waals surface area contributed by atoms with Crippen molar-refractivity contribution < 1.29 is 4.58 Å². The summed E-state index contributed by atoms with van der Waals surface area (Å²) in [6, 6.07) is 0. The van der Waals surface area contributed by atoms with Gasteiger partial charge in [0.2, 0.25) is 0 Å². The fourth-order valence-corrected chi connectivity index (χ4v) is 1.37. The van der Waals surface area contributed by atoms with Gasteiger partial charge in [-0.05, 0) is 25.5 Å². The molecule has 0 aliphatic carbocycles. The molecule has 0 saturated carbocycles. The summed E-state index contributed by atoms with van der Waals surface area (Å²) < 4.78 is 1.94. The Balaban J connectivity index is 5.68. The number of hydrogen-bond acceptors (Lipinski definition) is 1. The molecule has 0 amide bonds. The molecule has 0 unspecified atom stereocenters. The van der Waals surface area contributed by atoms with Gasteiger partial charge in [-0.1, -0.05) is 36.4 Å². The van der Waals surface area contributed by atoms with Crippen LogP contribution in [0.3, 0.4) is 0 Å². The lowest BCUT2D eigenvalue weighted by atomic mass is 10.0. The van der Waals surface area contributed by atoms with Crippen molar-refractivity contribution in [1.29, 1.82) is 0 Å². The molecule has 0 aromatic carbocycles. The van der Waals surface area contributed by atoms with Crippen LogP contribution in [0.25, 0.3) is 0 Å². The van der Waals surface area contributed by atoms with Gasteiger partial charge in [-0.2, -0.15) is 0 Å². The van der Waals surface area contributed by atoms with E-state index in [0.717, 1.165) is 11.3 Å². The highest BCUT2D eigenvalue weighted by atomic mass is 15.0. The molecule has 86 valence electrons. The Morgan fingerprint density at radius 3 is 2.31 bits per heavy atom. The zero-order valence-electron chi connectivity index (χ0n) is 10.7. The van der Waals surface area contributed by atoms with Gasteiger partial charge in [-0.3, -0.25) is 0 Å². The lowest BCUT2D eigenvalue weighted by Crippen LogP contribution is -2.16. The van der Waals surface area contributed by atoms with Gasteiger partial charge < -0.3 is 0 Å². The molecule has 0 heterocycles. The molecule has 2 nitrogen and oxygen atoms in total. The summed E-state index contributed by atoms with van der Waals surface area (Å²) >= 11 is 0. The van der Waals surface area contributed by atoms with Gasteiger partial charge in [0.25, 0.3) is 6.34 Å². The van der Waals surface area contributed by atoms with Crippen LogP contribution in [-0.4, -0.2) is 30.7 Å². The molecule has 0 aromatic heterocycles. The van der Waals surface area contributed by atoms with Crippen molar-refractivity contribution in [3.05, 3.63) is 48.6 Å². The summed E-state index contributed by atoms with van der Waals surface area (Å²) in [6.45, 7) is 11.7. The molecule has 0 rings (SSSR count). The summed E-state index contributed by atoms with van der Waals surface area (Å²) in [5.74, 6) is 0. The topological polar surface area (TPSA) is 15.4 Å². The van der Waals surface area contributed by atoms with Crippen LogP contribution in [0.2, 0.25) is 0 Å². The predicted octanol–water partition coefficient (Wildman–Crippen LogP) is 2.99. The Morgan fingerprint density at radius 2 is 1.94 bits per heavy atom. The van der Waals surface area contributed by atoms with Gasteiger partial charge in [-0.15, -0.1) is 0 Å². The molecule has 0 spiro atoms. The maximum absolute atomic E-state index is 3.99. The second-order valence-corrected chi connectivity index (χ2v) is 3.36. The van der Waals surface area contributed by atoms with Crippen LogP contribution in [0.4, 0.5) is 0 Å². The van der Waals surface area contributed by atoms with Gasteiger partial charge in [0, 0.05) is 5.57 Å².